The number of hydrogen-bond donors (Lipinski definition) is 1. The van der Waals surface area contributed by atoms with Gasteiger partial charge in [-0.25, -0.2) is 9.37 Å². The second-order valence-electron chi connectivity index (χ2n) is 6.12. The Morgan fingerprint density at radius 2 is 1.89 bits per heavy atom. The third-order valence-corrected chi connectivity index (χ3v) is 4.43. The Morgan fingerprint density at radius 1 is 1.14 bits per heavy atom. The van der Waals surface area contributed by atoms with Crippen LogP contribution in [-0.4, -0.2) is 39.9 Å². The molecule has 8 nitrogen and oxygen atoms in total. The molecular weight excluding hydrogens is 365 g/mol. The fourth-order valence-corrected chi connectivity index (χ4v) is 2.91. The second kappa shape index (κ2) is 7.63. The monoisotopic (exact) mass is 385 g/mol. The number of carbonyl (C=O) groups is 1. The van der Waals surface area contributed by atoms with Crippen molar-refractivity contribution >= 4 is 11.6 Å². The Morgan fingerprint density at radius 3 is 2.57 bits per heavy atom. The predicted molar refractivity (Wildman–Crippen MR) is 101 cm³/mol. The zero-order valence-corrected chi connectivity index (χ0v) is 16.2. The molecule has 0 saturated heterocycles. The Hall–Kier alpha value is -3.49. The first kappa shape index (κ1) is 19.3. The SMILES string of the molecule is COc1cc(OC)c(-c2c(C)c(C(=O)Nc3cncc(F)c3C)nn2C)cn1. The summed E-state index contributed by atoms with van der Waals surface area (Å²) in [5, 5.41) is 6.99. The molecule has 0 saturated carbocycles. The van der Waals surface area contributed by atoms with Crippen LogP contribution in [0, 0.1) is 19.7 Å². The molecule has 0 aliphatic heterocycles. The van der Waals surface area contributed by atoms with Crippen molar-refractivity contribution < 1.29 is 18.7 Å². The fraction of sp³-hybridized carbons (Fsp3) is 0.263. The molecule has 1 N–H and O–H groups in total. The van der Waals surface area contributed by atoms with Crippen LogP contribution in [0.1, 0.15) is 21.6 Å². The molecule has 3 heterocycles. The number of hydrogen-bond acceptors (Lipinski definition) is 6. The number of nitrogens with zero attached hydrogens (tertiary/aromatic N) is 4. The van der Waals surface area contributed by atoms with Crippen molar-refractivity contribution in [1.29, 1.82) is 0 Å². The molecule has 0 aliphatic carbocycles. The number of anilines is 1. The van der Waals surface area contributed by atoms with Gasteiger partial charge in [0.25, 0.3) is 5.91 Å². The summed E-state index contributed by atoms with van der Waals surface area (Å²) >= 11 is 0. The van der Waals surface area contributed by atoms with E-state index in [0.29, 0.717) is 39.7 Å². The summed E-state index contributed by atoms with van der Waals surface area (Å²) in [6.45, 7) is 3.34. The number of aromatic nitrogens is 4. The lowest BCUT2D eigenvalue weighted by Gasteiger charge is -2.11. The number of aryl methyl sites for hydroxylation is 1. The maximum atomic E-state index is 13.7. The van der Waals surface area contributed by atoms with Crippen LogP contribution in [0.25, 0.3) is 11.3 Å². The maximum absolute atomic E-state index is 13.7. The van der Waals surface area contributed by atoms with Gasteiger partial charge in [0, 0.05) is 30.4 Å². The zero-order chi connectivity index (χ0) is 20.4. The minimum absolute atomic E-state index is 0.207. The van der Waals surface area contributed by atoms with E-state index in [4.69, 9.17) is 9.47 Å². The first-order valence-corrected chi connectivity index (χ1v) is 8.40. The van der Waals surface area contributed by atoms with Crippen molar-refractivity contribution in [1.82, 2.24) is 19.7 Å². The molecule has 0 unspecified atom stereocenters. The van der Waals surface area contributed by atoms with Gasteiger partial charge in [0.1, 0.15) is 11.6 Å². The molecule has 0 aliphatic rings. The van der Waals surface area contributed by atoms with E-state index in [-0.39, 0.29) is 5.69 Å². The number of methoxy groups -OCH3 is 2. The molecule has 3 rings (SSSR count). The molecule has 0 fully saturated rings. The van der Waals surface area contributed by atoms with Crippen LogP contribution in [0.2, 0.25) is 0 Å². The van der Waals surface area contributed by atoms with E-state index in [2.05, 4.69) is 20.4 Å². The molecule has 3 aromatic rings. The summed E-state index contributed by atoms with van der Waals surface area (Å²) in [6, 6.07) is 1.66. The minimum atomic E-state index is -0.495. The molecule has 3 aromatic heterocycles. The average Bonchev–Trinajstić information content (AvgIpc) is 2.99. The molecule has 0 bridgehead atoms. The van der Waals surface area contributed by atoms with Gasteiger partial charge in [-0.15, -0.1) is 0 Å². The second-order valence-corrected chi connectivity index (χ2v) is 6.12. The summed E-state index contributed by atoms with van der Waals surface area (Å²) in [7, 11) is 4.78. The van der Waals surface area contributed by atoms with E-state index in [1.807, 2.05) is 0 Å². The predicted octanol–water partition coefficient (Wildman–Crippen LogP) is 2.90. The van der Waals surface area contributed by atoms with Crippen LogP contribution in [0.15, 0.2) is 24.7 Å². The Bertz CT molecular complexity index is 1050. The van der Waals surface area contributed by atoms with E-state index in [9.17, 15) is 9.18 Å². The van der Waals surface area contributed by atoms with Crippen LogP contribution in [0.5, 0.6) is 11.6 Å². The summed E-state index contributed by atoms with van der Waals surface area (Å²) in [6.07, 6.45) is 4.09. The number of nitrogens with one attached hydrogen (secondary N) is 1. The topological polar surface area (TPSA) is 91.2 Å². The van der Waals surface area contributed by atoms with Crippen LogP contribution in [0.4, 0.5) is 10.1 Å². The number of amides is 1. The van der Waals surface area contributed by atoms with E-state index < -0.39 is 11.7 Å². The molecule has 1 amide bonds. The molecule has 28 heavy (non-hydrogen) atoms. The largest absolute Gasteiger partial charge is 0.496 e. The van der Waals surface area contributed by atoms with Gasteiger partial charge in [-0.2, -0.15) is 5.10 Å². The number of ether oxygens (including phenoxy) is 2. The van der Waals surface area contributed by atoms with Gasteiger partial charge in [0.2, 0.25) is 5.88 Å². The number of pyridine rings is 2. The maximum Gasteiger partial charge on any atom is 0.276 e. The fourth-order valence-electron chi connectivity index (χ4n) is 2.91. The lowest BCUT2D eigenvalue weighted by molar-refractivity contribution is 0.102. The zero-order valence-electron chi connectivity index (χ0n) is 16.2. The molecule has 0 radical (unpaired) electrons. The summed E-state index contributed by atoms with van der Waals surface area (Å²) in [4.78, 5) is 20.7. The van der Waals surface area contributed by atoms with Crippen LogP contribution < -0.4 is 14.8 Å². The number of carbonyl (C=O) groups excluding carboxylic acids is 1. The third-order valence-electron chi connectivity index (χ3n) is 4.43. The third kappa shape index (κ3) is 3.38. The first-order chi connectivity index (χ1) is 13.4. The van der Waals surface area contributed by atoms with E-state index in [1.165, 1.54) is 20.4 Å². The summed E-state index contributed by atoms with van der Waals surface area (Å²) < 4.78 is 25.8. The average molecular weight is 385 g/mol. The van der Waals surface area contributed by atoms with Crippen molar-refractivity contribution in [3.8, 4) is 22.9 Å². The van der Waals surface area contributed by atoms with Crippen molar-refractivity contribution in [2.24, 2.45) is 7.05 Å². The van der Waals surface area contributed by atoms with Gasteiger partial charge < -0.3 is 14.8 Å². The van der Waals surface area contributed by atoms with Crippen molar-refractivity contribution in [2.75, 3.05) is 19.5 Å². The minimum Gasteiger partial charge on any atom is -0.496 e. The highest BCUT2D eigenvalue weighted by atomic mass is 19.1. The molecule has 0 atom stereocenters. The van der Waals surface area contributed by atoms with Gasteiger partial charge in [-0.05, 0) is 13.8 Å². The normalized spacial score (nSPS) is 10.6. The number of rotatable bonds is 5. The standard InChI is InChI=1S/C19H20FN5O3/c1-10-13(20)8-21-9-14(10)23-19(26)17-11(2)18(25(3)24-17)12-7-22-16(28-5)6-15(12)27-4/h6-9H,1-5H3,(H,23,26). The van der Waals surface area contributed by atoms with E-state index >= 15 is 0 Å². The van der Waals surface area contributed by atoms with Gasteiger partial charge in [-0.1, -0.05) is 0 Å². The molecule has 146 valence electrons. The van der Waals surface area contributed by atoms with Crippen molar-refractivity contribution in [3.63, 3.8) is 0 Å². The summed E-state index contributed by atoms with van der Waals surface area (Å²) in [5.41, 5.74) is 2.77. The van der Waals surface area contributed by atoms with Crippen LogP contribution in [0.3, 0.4) is 0 Å². The van der Waals surface area contributed by atoms with Gasteiger partial charge in [-0.3, -0.25) is 14.5 Å². The lowest BCUT2D eigenvalue weighted by atomic mass is 10.1. The molecule has 9 heteroatoms. The van der Waals surface area contributed by atoms with E-state index in [1.54, 1.807) is 37.8 Å². The van der Waals surface area contributed by atoms with E-state index in [0.717, 1.165) is 6.20 Å². The Balaban J connectivity index is 2.01. The van der Waals surface area contributed by atoms with Crippen LogP contribution in [-0.2, 0) is 7.05 Å². The quantitative estimate of drug-likeness (QED) is 0.726. The molecule has 0 aromatic carbocycles. The number of halogens is 1. The summed E-state index contributed by atoms with van der Waals surface area (Å²) in [5.74, 6) is -0.0110. The van der Waals surface area contributed by atoms with Gasteiger partial charge in [0.15, 0.2) is 5.69 Å². The van der Waals surface area contributed by atoms with Crippen LogP contribution >= 0.6 is 0 Å². The smallest absolute Gasteiger partial charge is 0.276 e. The lowest BCUT2D eigenvalue weighted by Crippen LogP contribution is -2.15. The highest BCUT2D eigenvalue weighted by Gasteiger charge is 2.23. The van der Waals surface area contributed by atoms with Crippen molar-refractivity contribution in [2.45, 2.75) is 13.8 Å². The van der Waals surface area contributed by atoms with Gasteiger partial charge >= 0.3 is 0 Å². The Labute approximate surface area is 161 Å². The Kier molecular flexibility index (Phi) is 5.25. The highest BCUT2D eigenvalue weighted by Crippen LogP contribution is 2.34. The highest BCUT2D eigenvalue weighted by molar-refractivity contribution is 6.05. The first-order valence-electron chi connectivity index (χ1n) is 8.40. The van der Waals surface area contributed by atoms with Gasteiger partial charge in [0.05, 0.1) is 43.6 Å². The van der Waals surface area contributed by atoms with Crippen molar-refractivity contribution in [3.05, 3.63) is 47.3 Å². The molecule has 0 spiro atoms. The molecular formula is C19H20FN5O3.